The second-order valence-corrected chi connectivity index (χ2v) is 6.30. The summed E-state index contributed by atoms with van der Waals surface area (Å²) in [4.78, 5) is 10.9. The van der Waals surface area contributed by atoms with Crippen molar-refractivity contribution in [3.8, 4) is 0 Å². The number of aliphatic carboxylic acids is 1. The largest absolute Gasteiger partial charge is 0.481 e. The number of carboxylic acid groups (broad SMARTS) is 1. The van der Waals surface area contributed by atoms with Gasteiger partial charge in [0, 0.05) is 19.1 Å². The van der Waals surface area contributed by atoms with Gasteiger partial charge in [0.15, 0.2) is 0 Å². The molecule has 24 heavy (non-hydrogen) atoms. The lowest BCUT2D eigenvalue weighted by Crippen LogP contribution is -2.31. The molecular weight excluding hydrogens is 302 g/mol. The van der Waals surface area contributed by atoms with Gasteiger partial charge in [0.25, 0.3) is 0 Å². The van der Waals surface area contributed by atoms with E-state index in [4.69, 9.17) is 15.6 Å². The van der Waals surface area contributed by atoms with E-state index in [0.717, 1.165) is 12.0 Å². The molecule has 0 spiro atoms. The summed E-state index contributed by atoms with van der Waals surface area (Å²) >= 11 is 0. The summed E-state index contributed by atoms with van der Waals surface area (Å²) in [6, 6.07) is 9.76. The fourth-order valence-corrected chi connectivity index (χ4v) is 2.50. The number of allylic oxidation sites excluding steroid dienone is 2. The second-order valence-electron chi connectivity index (χ2n) is 6.30. The van der Waals surface area contributed by atoms with Gasteiger partial charge in [-0.05, 0) is 18.9 Å². The minimum atomic E-state index is -0.885. The number of carboxylic acids is 1. The van der Waals surface area contributed by atoms with Gasteiger partial charge in [0.1, 0.15) is 0 Å². The molecule has 1 aromatic rings. The van der Waals surface area contributed by atoms with Gasteiger partial charge in [-0.2, -0.15) is 0 Å². The smallest absolute Gasteiger partial charge is 0.308 e. The lowest BCUT2D eigenvalue weighted by atomic mass is 9.95. The van der Waals surface area contributed by atoms with E-state index in [1.54, 1.807) is 20.1 Å². The van der Waals surface area contributed by atoms with Crippen molar-refractivity contribution in [3.05, 3.63) is 59.7 Å². The van der Waals surface area contributed by atoms with Crippen LogP contribution in [0.25, 0.3) is 0 Å². The molecule has 0 fully saturated rings. The second kappa shape index (κ2) is 10.1. The van der Waals surface area contributed by atoms with Gasteiger partial charge >= 0.3 is 5.97 Å². The van der Waals surface area contributed by atoms with Crippen molar-refractivity contribution < 1.29 is 14.6 Å². The predicted octanol–water partition coefficient (Wildman–Crippen LogP) is 3.43. The molecule has 0 heterocycles. The maximum absolute atomic E-state index is 10.9. The molecule has 0 amide bonds. The zero-order chi connectivity index (χ0) is 18.1. The molecule has 1 aromatic carbocycles. The molecule has 0 saturated carbocycles. The van der Waals surface area contributed by atoms with Crippen molar-refractivity contribution in [2.75, 3.05) is 7.11 Å². The molecule has 0 bridgehead atoms. The van der Waals surface area contributed by atoms with Crippen molar-refractivity contribution in [2.45, 2.75) is 39.3 Å². The Hall–Kier alpha value is -1.91. The molecule has 1 unspecified atom stereocenters. The summed E-state index contributed by atoms with van der Waals surface area (Å²) < 4.78 is 5.64. The molecule has 0 aromatic heterocycles. The van der Waals surface area contributed by atoms with E-state index >= 15 is 0 Å². The van der Waals surface area contributed by atoms with E-state index < -0.39 is 17.9 Å². The van der Waals surface area contributed by atoms with Crippen LogP contribution in [0.2, 0.25) is 0 Å². The number of benzene rings is 1. The highest BCUT2D eigenvalue weighted by Gasteiger charge is 2.17. The molecule has 1 rings (SSSR count). The number of rotatable bonds is 9. The average Bonchev–Trinajstić information content (AvgIpc) is 2.57. The SMILES string of the molecule is CO[C@@H](Cc1ccccc1)C(C)/C=C(C)/C=C/[C@H](N)[C@H](C)C(=O)O. The van der Waals surface area contributed by atoms with Crippen LogP contribution >= 0.6 is 0 Å². The summed E-state index contributed by atoms with van der Waals surface area (Å²) in [6.07, 6.45) is 6.70. The molecule has 4 nitrogen and oxygen atoms in total. The Bertz CT molecular complexity index is 566. The Labute approximate surface area is 145 Å². The lowest BCUT2D eigenvalue weighted by molar-refractivity contribution is -0.141. The maximum Gasteiger partial charge on any atom is 0.308 e. The van der Waals surface area contributed by atoms with Gasteiger partial charge < -0.3 is 15.6 Å². The minimum absolute atomic E-state index is 0.0855. The first-order chi connectivity index (χ1) is 11.3. The Morgan fingerprint density at radius 2 is 1.92 bits per heavy atom. The lowest BCUT2D eigenvalue weighted by Gasteiger charge is -2.21. The van der Waals surface area contributed by atoms with E-state index in [-0.39, 0.29) is 12.0 Å². The van der Waals surface area contributed by atoms with Gasteiger partial charge in [0.2, 0.25) is 0 Å². The number of hydrogen-bond acceptors (Lipinski definition) is 3. The number of ether oxygens (including phenoxy) is 1. The molecule has 4 atom stereocenters. The topological polar surface area (TPSA) is 72.5 Å². The summed E-state index contributed by atoms with van der Waals surface area (Å²) in [5.74, 6) is -1.26. The zero-order valence-corrected chi connectivity index (χ0v) is 15.0. The molecule has 0 radical (unpaired) electrons. The number of hydrogen-bond donors (Lipinski definition) is 2. The first-order valence-corrected chi connectivity index (χ1v) is 8.26. The van der Waals surface area contributed by atoms with Crippen molar-refractivity contribution >= 4 is 5.97 Å². The van der Waals surface area contributed by atoms with Gasteiger partial charge in [-0.15, -0.1) is 0 Å². The predicted molar refractivity (Wildman–Crippen MR) is 97.8 cm³/mol. The molecule has 0 aliphatic carbocycles. The van der Waals surface area contributed by atoms with E-state index in [2.05, 4.69) is 25.1 Å². The summed E-state index contributed by atoms with van der Waals surface area (Å²) in [5, 5.41) is 8.96. The normalized spacial score (nSPS) is 17.5. The summed E-state index contributed by atoms with van der Waals surface area (Å²) in [7, 11) is 1.73. The van der Waals surface area contributed by atoms with Crippen molar-refractivity contribution in [2.24, 2.45) is 17.6 Å². The molecule has 0 saturated heterocycles. The van der Waals surface area contributed by atoms with Crippen LogP contribution in [0.15, 0.2) is 54.1 Å². The van der Waals surface area contributed by atoms with Crippen LogP contribution in [-0.4, -0.2) is 30.3 Å². The van der Waals surface area contributed by atoms with Crippen LogP contribution in [0.1, 0.15) is 26.3 Å². The first-order valence-electron chi connectivity index (χ1n) is 8.26. The van der Waals surface area contributed by atoms with E-state index in [9.17, 15) is 4.79 Å². The van der Waals surface area contributed by atoms with Crippen LogP contribution in [0.4, 0.5) is 0 Å². The average molecular weight is 331 g/mol. The molecule has 0 aliphatic rings. The third-order valence-electron chi connectivity index (χ3n) is 4.24. The van der Waals surface area contributed by atoms with Crippen LogP contribution < -0.4 is 5.73 Å². The molecule has 0 aliphatic heterocycles. The molecule has 3 N–H and O–H groups in total. The standard InChI is InChI=1S/C20H29NO3/c1-14(10-11-18(21)16(3)20(22)23)12-15(2)19(24-4)13-17-8-6-5-7-9-17/h5-12,15-16,18-19H,13,21H2,1-4H3,(H,22,23)/b11-10+,14-12+/t15?,16-,18-,19-/m0/s1. The third-order valence-corrected chi connectivity index (χ3v) is 4.24. The van der Waals surface area contributed by atoms with E-state index in [1.165, 1.54) is 5.56 Å². The van der Waals surface area contributed by atoms with Gasteiger partial charge in [-0.3, -0.25) is 4.79 Å². The van der Waals surface area contributed by atoms with Gasteiger partial charge in [-0.25, -0.2) is 0 Å². The Kier molecular flexibility index (Phi) is 8.44. The van der Waals surface area contributed by atoms with E-state index in [0.29, 0.717) is 0 Å². The summed E-state index contributed by atoms with van der Waals surface area (Å²) in [6.45, 7) is 5.72. The van der Waals surface area contributed by atoms with Crippen LogP contribution in [0, 0.1) is 11.8 Å². The molecule has 4 heteroatoms. The van der Waals surface area contributed by atoms with Gasteiger partial charge in [0.05, 0.1) is 12.0 Å². The van der Waals surface area contributed by atoms with E-state index in [1.807, 2.05) is 31.2 Å². The zero-order valence-electron chi connectivity index (χ0n) is 15.0. The Balaban J connectivity index is 2.69. The number of methoxy groups -OCH3 is 1. The molecule has 132 valence electrons. The van der Waals surface area contributed by atoms with Crippen molar-refractivity contribution in [1.82, 2.24) is 0 Å². The van der Waals surface area contributed by atoms with Crippen LogP contribution in [0.3, 0.4) is 0 Å². The monoisotopic (exact) mass is 331 g/mol. The van der Waals surface area contributed by atoms with Crippen molar-refractivity contribution in [1.29, 1.82) is 0 Å². The highest BCUT2D eigenvalue weighted by molar-refractivity contribution is 5.70. The highest BCUT2D eigenvalue weighted by atomic mass is 16.5. The van der Waals surface area contributed by atoms with Crippen LogP contribution in [-0.2, 0) is 16.0 Å². The number of carbonyl (C=O) groups is 1. The van der Waals surface area contributed by atoms with Crippen LogP contribution in [0.5, 0.6) is 0 Å². The first kappa shape index (κ1) is 20.1. The minimum Gasteiger partial charge on any atom is -0.481 e. The van der Waals surface area contributed by atoms with Crippen molar-refractivity contribution in [3.63, 3.8) is 0 Å². The number of nitrogens with two attached hydrogens (primary N) is 1. The fourth-order valence-electron chi connectivity index (χ4n) is 2.50. The molecular formula is C20H29NO3. The summed E-state index contributed by atoms with van der Waals surface area (Å²) in [5.41, 5.74) is 8.16. The Morgan fingerprint density at radius 1 is 1.29 bits per heavy atom. The third kappa shape index (κ3) is 6.69. The highest BCUT2D eigenvalue weighted by Crippen LogP contribution is 2.17. The van der Waals surface area contributed by atoms with Gasteiger partial charge in [-0.1, -0.05) is 68.0 Å². The maximum atomic E-state index is 10.9. The Morgan fingerprint density at radius 3 is 2.46 bits per heavy atom. The quantitative estimate of drug-likeness (QED) is 0.680. The fraction of sp³-hybridized carbons (Fsp3) is 0.450.